The smallest absolute Gasteiger partial charge is 0.410 e. The third-order valence-electron chi connectivity index (χ3n) is 3.55. The van der Waals surface area contributed by atoms with Gasteiger partial charge in [0.1, 0.15) is 23.7 Å². The lowest BCUT2D eigenvalue weighted by Crippen LogP contribution is -2.58. The first kappa shape index (κ1) is 18.4. The van der Waals surface area contributed by atoms with Crippen molar-refractivity contribution in [1.29, 1.82) is 0 Å². The third-order valence-corrected chi connectivity index (χ3v) is 3.55. The van der Waals surface area contributed by atoms with Gasteiger partial charge in [-0.25, -0.2) is 14.6 Å². The number of aliphatic carboxylic acids is 1. The molecule has 1 atom stereocenters. The van der Waals surface area contributed by atoms with Gasteiger partial charge < -0.3 is 19.6 Å². The quantitative estimate of drug-likeness (QED) is 0.640. The van der Waals surface area contributed by atoms with Gasteiger partial charge in [0.2, 0.25) is 0 Å². The number of pyridine rings is 1. The number of carboxylic acids is 1. The molecule has 0 radical (unpaired) electrons. The Morgan fingerprint density at radius 2 is 2.04 bits per heavy atom. The van der Waals surface area contributed by atoms with Crippen LogP contribution in [0.5, 0.6) is 0 Å². The van der Waals surface area contributed by atoms with Crippen LogP contribution in [0, 0.1) is 10.1 Å². The largest absolute Gasteiger partial charge is 0.480 e. The van der Waals surface area contributed by atoms with Crippen molar-refractivity contribution >= 4 is 23.6 Å². The minimum atomic E-state index is -1.12. The summed E-state index contributed by atoms with van der Waals surface area (Å²) in [4.78, 5) is 40.7. The van der Waals surface area contributed by atoms with E-state index < -0.39 is 28.6 Å². The van der Waals surface area contributed by atoms with Crippen LogP contribution < -0.4 is 4.90 Å². The lowest BCUT2D eigenvalue weighted by molar-refractivity contribution is -0.385. The summed E-state index contributed by atoms with van der Waals surface area (Å²) in [5.41, 5.74) is -0.852. The van der Waals surface area contributed by atoms with Crippen molar-refractivity contribution in [2.45, 2.75) is 32.4 Å². The average molecular weight is 352 g/mol. The molecule has 2 heterocycles. The summed E-state index contributed by atoms with van der Waals surface area (Å²) in [6.07, 6.45) is 0.504. The van der Waals surface area contributed by atoms with E-state index in [2.05, 4.69) is 4.98 Å². The zero-order valence-electron chi connectivity index (χ0n) is 14.2. The van der Waals surface area contributed by atoms with Gasteiger partial charge in [-0.3, -0.25) is 10.1 Å². The van der Waals surface area contributed by atoms with Crippen LogP contribution in [0.3, 0.4) is 0 Å². The molecule has 0 aromatic carbocycles. The van der Waals surface area contributed by atoms with Crippen molar-refractivity contribution in [2.75, 3.05) is 24.5 Å². The number of rotatable bonds is 3. The Hall–Kier alpha value is -2.91. The SMILES string of the molecule is CC(C)(C)OC(=O)N1CCN(c2ccc([N+](=O)[O-])cn2)[C@H](C(=O)O)C1. The predicted octanol–water partition coefficient (Wildman–Crippen LogP) is 1.50. The van der Waals surface area contributed by atoms with Gasteiger partial charge in [-0.1, -0.05) is 0 Å². The minimum Gasteiger partial charge on any atom is -0.480 e. The Balaban J connectivity index is 2.15. The van der Waals surface area contributed by atoms with Crippen LogP contribution in [0.2, 0.25) is 0 Å². The Morgan fingerprint density at radius 3 is 2.52 bits per heavy atom. The van der Waals surface area contributed by atoms with Crippen molar-refractivity contribution in [3.05, 3.63) is 28.4 Å². The van der Waals surface area contributed by atoms with Crippen LogP contribution in [0.1, 0.15) is 20.8 Å². The van der Waals surface area contributed by atoms with Crippen molar-refractivity contribution < 1.29 is 24.4 Å². The fraction of sp³-hybridized carbons (Fsp3) is 0.533. The number of carboxylic acid groups (broad SMARTS) is 1. The standard InChI is InChI=1S/C15H20N4O6/c1-15(2,3)25-14(22)17-6-7-18(11(9-17)13(20)21)12-5-4-10(8-16-12)19(23)24/h4-5,8,11H,6-7,9H2,1-3H3,(H,20,21)/t11-/m0/s1. The van der Waals surface area contributed by atoms with E-state index >= 15 is 0 Å². The molecule has 0 spiro atoms. The number of piperazine rings is 1. The van der Waals surface area contributed by atoms with Crippen LogP contribution in [-0.4, -0.2) is 63.3 Å². The Bertz CT molecular complexity index is 670. The molecule has 10 heteroatoms. The van der Waals surface area contributed by atoms with E-state index in [0.29, 0.717) is 5.82 Å². The number of anilines is 1. The number of nitro groups is 1. The summed E-state index contributed by atoms with van der Waals surface area (Å²) in [6, 6.07) is 1.65. The van der Waals surface area contributed by atoms with Gasteiger partial charge in [0, 0.05) is 19.2 Å². The maximum atomic E-state index is 12.1. The highest BCUT2D eigenvalue weighted by atomic mass is 16.6. The second-order valence-electron chi connectivity index (χ2n) is 6.61. The van der Waals surface area contributed by atoms with Gasteiger partial charge in [-0.05, 0) is 26.8 Å². The fourth-order valence-corrected chi connectivity index (χ4v) is 2.42. The van der Waals surface area contributed by atoms with Gasteiger partial charge in [-0.2, -0.15) is 0 Å². The van der Waals surface area contributed by atoms with Crippen molar-refractivity contribution in [3.63, 3.8) is 0 Å². The molecule has 1 saturated heterocycles. The van der Waals surface area contributed by atoms with Crippen LogP contribution >= 0.6 is 0 Å². The number of amides is 1. The number of hydrogen-bond donors (Lipinski definition) is 1. The summed E-state index contributed by atoms with van der Waals surface area (Å²) < 4.78 is 5.27. The molecule has 25 heavy (non-hydrogen) atoms. The lowest BCUT2D eigenvalue weighted by atomic mass is 10.1. The molecule has 10 nitrogen and oxygen atoms in total. The van der Waals surface area contributed by atoms with Crippen LogP contribution in [0.25, 0.3) is 0 Å². The molecular weight excluding hydrogens is 332 g/mol. The van der Waals surface area contributed by atoms with E-state index in [1.165, 1.54) is 21.9 Å². The van der Waals surface area contributed by atoms with Gasteiger partial charge in [-0.15, -0.1) is 0 Å². The highest BCUT2D eigenvalue weighted by Gasteiger charge is 2.36. The maximum absolute atomic E-state index is 12.1. The average Bonchev–Trinajstić information content (AvgIpc) is 2.52. The first-order chi connectivity index (χ1) is 11.6. The first-order valence-corrected chi connectivity index (χ1v) is 7.66. The monoisotopic (exact) mass is 352 g/mol. The van der Waals surface area contributed by atoms with Gasteiger partial charge in [0.25, 0.3) is 5.69 Å². The zero-order valence-corrected chi connectivity index (χ0v) is 14.2. The highest BCUT2D eigenvalue weighted by molar-refractivity contribution is 5.80. The number of nitrogens with zero attached hydrogens (tertiary/aromatic N) is 4. The summed E-state index contributed by atoms with van der Waals surface area (Å²) in [5.74, 6) is -0.810. The fourth-order valence-electron chi connectivity index (χ4n) is 2.42. The second-order valence-corrected chi connectivity index (χ2v) is 6.61. The van der Waals surface area contributed by atoms with Crippen molar-refractivity contribution in [1.82, 2.24) is 9.88 Å². The molecule has 0 bridgehead atoms. The van der Waals surface area contributed by atoms with Gasteiger partial charge in [0.15, 0.2) is 0 Å². The Kier molecular flexibility index (Phi) is 5.10. The van der Waals surface area contributed by atoms with E-state index in [4.69, 9.17) is 4.74 Å². The molecule has 1 N–H and O–H groups in total. The highest BCUT2D eigenvalue weighted by Crippen LogP contribution is 2.22. The van der Waals surface area contributed by atoms with E-state index in [1.54, 1.807) is 20.8 Å². The number of carbonyl (C=O) groups excluding carboxylic acids is 1. The molecule has 0 aliphatic carbocycles. The van der Waals surface area contributed by atoms with Crippen molar-refractivity contribution in [3.8, 4) is 0 Å². The Morgan fingerprint density at radius 1 is 1.36 bits per heavy atom. The van der Waals surface area contributed by atoms with Gasteiger partial charge >= 0.3 is 12.1 Å². The predicted molar refractivity (Wildman–Crippen MR) is 87.5 cm³/mol. The number of hydrogen-bond acceptors (Lipinski definition) is 7. The van der Waals surface area contributed by atoms with Crippen molar-refractivity contribution in [2.24, 2.45) is 0 Å². The molecule has 136 valence electrons. The molecular formula is C15H20N4O6. The van der Waals surface area contributed by atoms with E-state index in [1.807, 2.05) is 0 Å². The topological polar surface area (TPSA) is 126 Å². The van der Waals surface area contributed by atoms with E-state index in [0.717, 1.165) is 6.20 Å². The van der Waals surface area contributed by atoms with E-state index in [9.17, 15) is 24.8 Å². The van der Waals surface area contributed by atoms with Crippen LogP contribution in [0.4, 0.5) is 16.3 Å². The third kappa shape index (κ3) is 4.55. The number of carbonyl (C=O) groups is 2. The molecule has 2 rings (SSSR count). The molecule has 0 saturated carbocycles. The van der Waals surface area contributed by atoms with Gasteiger partial charge in [0.05, 0.1) is 11.5 Å². The molecule has 1 fully saturated rings. The van der Waals surface area contributed by atoms with Crippen LogP contribution in [-0.2, 0) is 9.53 Å². The van der Waals surface area contributed by atoms with E-state index in [-0.39, 0.29) is 25.3 Å². The molecule has 0 unspecified atom stereocenters. The maximum Gasteiger partial charge on any atom is 0.410 e. The summed E-state index contributed by atoms with van der Waals surface area (Å²) in [7, 11) is 0. The molecule has 1 aliphatic rings. The summed E-state index contributed by atoms with van der Waals surface area (Å²) in [6.45, 7) is 5.62. The lowest BCUT2D eigenvalue weighted by Gasteiger charge is -2.40. The summed E-state index contributed by atoms with van der Waals surface area (Å²) in [5, 5.41) is 20.2. The normalized spacial score (nSPS) is 18.0. The Labute approximate surface area is 144 Å². The molecule has 1 aromatic rings. The number of aromatic nitrogens is 1. The zero-order chi connectivity index (χ0) is 18.8. The molecule has 1 amide bonds. The number of ether oxygens (including phenoxy) is 1. The van der Waals surface area contributed by atoms with Crippen LogP contribution in [0.15, 0.2) is 18.3 Å². The first-order valence-electron chi connectivity index (χ1n) is 7.66. The molecule has 1 aliphatic heterocycles. The minimum absolute atomic E-state index is 0.0666. The second kappa shape index (κ2) is 6.91. The summed E-state index contributed by atoms with van der Waals surface area (Å²) >= 11 is 0. The molecule has 1 aromatic heterocycles.